The minimum atomic E-state index is -0.538. The van der Waals surface area contributed by atoms with Crippen molar-refractivity contribution in [2.75, 3.05) is 12.3 Å². The van der Waals surface area contributed by atoms with Gasteiger partial charge in [-0.1, -0.05) is 18.2 Å². The number of carbonyl (C=O) groups is 1. The number of carbonyl (C=O) groups excluding carboxylic acids is 1. The van der Waals surface area contributed by atoms with Gasteiger partial charge in [-0.05, 0) is 18.6 Å². The first-order valence-electron chi connectivity index (χ1n) is 6.26. The van der Waals surface area contributed by atoms with Gasteiger partial charge in [-0.2, -0.15) is 5.10 Å². The lowest BCUT2D eigenvalue weighted by Gasteiger charge is -2.07. The first kappa shape index (κ1) is 14.0. The molecule has 0 aliphatic rings. The molecule has 2 N–H and O–H groups in total. The number of halogens is 1. The van der Waals surface area contributed by atoms with Gasteiger partial charge in [-0.25, -0.2) is 9.18 Å². The van der Waals surface area contributed by atoms with Crippen LogP contribution >= 0.6 is 0 Å². The first-order chi connectivity index (χ1) is 9.54. The number of nitrogens with two attached hydrogens (primary N) is 1. The Morgan fingerprint density at radius 2 is 2.15 bits per heavy atom. The van der Waals surface area contributed by atoms with E-state index in [4.69, 9.17) is 10.5 Å². The highest BCUT2D eigenvalue weighted by atomic mass is 19.1. The van der Waals surface area contributed by atoms with Crippen LogP contribution in [0.3, 0.4) is 0 Å². The van der Waals surface area contributed by atoms with Crippen molar-refractivity contribution in [3.8, 4) is 0 Å². The monoisotopic (exact) mass is 277 g/mol. The highest BCUT2D eigenvalue weighted by Gasteiger charge is 2.22. The maximum atomic E-state index is 13.7. The van der Waals surface area contributed by atoms with E-state index in [2.05, 4.69) is 5.10 Å². The molecular weight excluding hydrogens is 261 g/mol. The Bertz CT molecular complexity index is 637. The van der Waals surface area contributed by atoms with Crippen molar-refractivity contribution in [1.29, 1.82) is 0 Å². The molecule has 106 valence electrons. The predicted molar refractivity (Wildman–Crippen MR) is 72.8 cm³/mol. The first-order valence-corrected chi connectivity index (χ1v) is 6.26. The second kappa shape index (κ2) is 5.73. The molecule has 0 fully saturated rings. The average Bonchev–Trinajstić information content (AvgIpc) is 2.67. The third-order valence-corrected chi connectivity index (χ3v) is 2.99. The summed E-state index contributed by atoms with van der Waals surface area (Å²) in [5.41, 5.74) is 6.95. The van der Waals surface area contributed by atoms with E-state index in [1.807, 2.05) is 0 Å². The molecule has 20 heavy (non-hydrogen) atoms. The standard InChI is InChI=1S/C14H16FN3O2/c1-3-20-14(19)12-11(18(2)17-13(12)16)8-9-6-4-5-7-10(9)15/h4-7H,3,8H2,1-2H3,(H2,16,17). The lowest BCUT2D eigenvalue weighted by molar-refractivity contribution is 0.0526. The summed E-state index contributed by atoms with van der Waals surface area (Å²) in [4.78, 5) is 11.9. The van der Waals surface area contributed by atoms with Gasteiger partial charge in [0.2, 0.25) is 0 Å². The van der Waals surface area contributed by atoms with Gasteiger partial charge in [0.05, 0.1) is 12.3 Å². The van der Waals surface area contributed by atoms with Gasteiger partial charge < -0.3 is 10.5 Å². The van der Waals surface area contributed by atoms with Crippen molar-refractivity contribution in [1.82, 2.24) is 9.78 Å². The predicted octanol–water partition coefficient (Wildman–Crippen LogP) is 1.91. The lowest BCUT2D eigenvalue weighted by Crippen LogP contribution is -2.11. The number of nitrogen functional groups attached to an aromatic ring is 1. The number of ether oxygens (including phenoxy) is 1. The number of esters is 1. The van der Waals surface area contributed by atoms with E-state index >= 15 is 0 Å². The number of benzene rings is 1. The molecule has 2 rings (SSSR count). The number of aryl methyl sites for hydroxylation is 1. The Balaban J connectivity index is 2.41. The average molecular weight is 277 g/mol. The maximum absolute atomic E-state index is 13.7. The fraction of sp³-hybridized carbons (Fsp3) is 0.286. The van der Waals surface area contributed by atoms with Crippen molar-refractivity contribution in [3.63, 3.8) is 0 Å². The molecule has 6 heteroatoms. The molecule has 0 amide bonds. The van der Waals surface area contributed by atoms with E-state index in [1.165, 1.54) is 10.7 Å². The maximum Gasteiger partial charge on any atom is 0.343 e. The van der Waals surface area contributed by atoms with Crippen molar-refractivity contribution >= 4 is 11.8 Å². The molecule has 0 unspecified atom stereocenters. The number of aromatic nitrogens is 2. The molecule has 5 nitrogen and oxygen atoms in total. The summed E-state index contributed by atoms with van der Waals surface area (Å²) in [6.45, 7) is 1.95. The number of rotatable bonds is 4. The Hall–Kier alpha value is -2.37. The van der Waals surface area contributed by atoms with Gasteiger partial charge in [0.1, 0.15) is 11.4 Å². The fourth-order valence-corrected chi connectivity index (χ4v) is 2.03. The minimum absolute atomic E-state index is 0.0947. The molecule has 0 saturated carbocycles. The van der Waals surface area contributed by atoms with E-state index in [0.717, 1.165) is 0 Å². The molecule has 1 aromatic carbocycles. The molecule has 0 saturated heterocycles. The third kappa shape index (κ3) is 2.64. The highest BCUT2D eigenvalue weighted by molar-refractivity contribution is 5.95. The Morgan fingerprint density at radius 1 is 1.45 bits per heavy atom. The second-order valence-electron chi connectivity index (χ2n) is 4.32. The van der Waals surface area contributed by atoms with Gasteiger partial charge in [-0.15, -0.1) is 0 Å². The van der Waals surface area contributed by atoms with E-state index in [-0.39, 0.29) is 30.2 Å². The van der Waals surface area contributed by atoms with Crippen molar-refractivity contribution in [2.24, 2.45) is 7.05 Å². The molecule has 0 spiro atoms. The molecule has 0 radical (unpaired) electrons. The largest absolute Gasteiger partial charge is 0.462 e. The Labute approximate surface area is 116 Å². The van der Waals surface area contributed by atoms with Crippen LogP contribution in [-0.4, -0.2) is 22.4 Å². The Kier molecular flexibility index (Phi) is 4.02. The van der Waals surface area contributed by atoms with Crippen LogP contribution in [0.2, 0.25) is 0 Å². The zero-order valence-electron chi connectivity index (χ0n) is 11.4. The van der Waals surface area contributed by atoms with Crippen LogP contribution in [0.4, 0.5) is 10.2 Å². The quantitative estimate of drug-likeness (QED) is 0.867. The van der Waals surface area contributed by atoms with Gasteiger partial charge in [0, 0.05) is 13.5 Å². The van der Waals surface area contributed by atoms with Gasteiger partial charge in [0.25, 0.3) is 0 Å². The third-order valence-electron chi connectivity index (χ3n) is 2.99. The molecule has 2 aromatic rings. The molecule has 0 aliphatic carbocycles. The summed E-state index contributed by atoms with van der Waals surface area (Å²) >= 11 is 0. The SMILES string of the molecule is CCOC(=O)c1c(N)nn(C)c1Cc1ccccc1F. The van der Waals surface area contributed by atoms with Crippen molar-refractivity contribution in [2.45, 2.75) is 13.3 Å². The van der Waals surface area contributed by atoms with E-state index in [9.17, 15) is 9.18 Å². The number of hydrogen-bond donors (Lipinski definition) is 1. The normalized spacial score (nSPS) is 10.6. The van der Waals surface area contributed by atoms with Crippen molar-refractivity contribution in [3.05, 3.63) is 46.9 Å². The number of hydrogen-bond acceptors (Lipinski definition) is 4. The van der Waals surface area contributed by atoms with E-state index < -0.39 is 5.97 Å². The van der Waals surface area contributed by atoms with Crippen LogP contribution in [0.1, 0.15) is 28.5 Å². The summed E-state index contributed by atoms with van der Waals surface area (Å²) in [5.74, 6) is -0.774. The van der Waals surface area contributed by atoms with Crippen LogP contribution in [0, 0.1) is 5.82 Å². The van der Waals surface area contributed by atoms with Crippen molar-refractivity contribution < 1.29 is 13.9 Å². The molecule has 1 aromatic heterocycles. The fourth-order valence-electron chi connectivity index (χ4n) is 2.03. The summed E-state index contributed by atoms with van der Waals surface area (Å²) in [7, 11) is 1.66. The molecular formula is C14H16FN3O2. The summed E-state index contributed by atoms with van der Waals surface area (Å²) in [6, 6.07) is 6.39. The smallest absolute Gasteiger partial charge is 0.343 e. The van der Waals surface area contributed by atoms with Crippen LogP contribution in [-0.2, 0) is 18.2 Å². The van der Waals surface area contributed by atoms with Gasteiger partial charge in [0.15, 0.2) is 5.82 Å². The van der Waals surface area contributed by atoms with Gasteiger partial charge in [-0.3, -0.25) is 4.68 Å². The number of anilines is 1. The minimum Gasteiger partial charge on any atom is -0.462 e. The summed E-state index contributed by atoms with van der Waals surface area (Å²) < 4.78 is 20.2. The van der Waals surface area contributed by atoms with E-state index in [0.29, 0.717) is 11.3 Å². The van der Waals surface area contributed by atoms with Crippen LogP contribution in [0.5, 0.6) is 0 Å². The molecule has 0 atom stereocenters. The highest BCUT2D eigenvalue weighted by Crippen LogP contribution is 2.21. The summed E-state index contributed by atoms with van der Waals surface area (Å²) in [5, 5.41) is 4.01. The van der Waals surface area contributed by atoms with Crippen LogP contribution in [0.25, 0.3) is 0 Å². The zero-order chi connectivity index (χ0) is 14.7. The lowest BCUT2D eigenvalue weighted by atomic mass is 10.1. The second-order valence-corrected chi connectivity index (χ2v) is 4.32. The molecule has 0 bridgehead atoms. The molecule has 1 heterocycles. The van der Waals surface area contributed by atoms with Gasteiger partial charge >= 0.3 is 5.97 Å². The van der Waals surface area contributed by atoms with Crippen LogP contribution in [0.15, 0.2) is 24.3 Å². The van der Waals surface area contributed by atoms with Crippen LogP contribution < -0.4 is 5.73 Å². The summed E-state index contributed by atoms with van der Waals surface area (Å²) in [6.07, 6.45) is 0.224. The number of nitrogens with zero attached hydrogens (tertiary/aromatic N) is 2. The van der Waals surface area contributed by atoms with E-state index in [1.54, 1.807) is 32.2 Å². The topological polar surface area (TPSA) is 70.1 Å². The molecule has 0 aliphatic heterocycles. The zero-order valence-corrected chi connectivity index (χ0v) is 11.4. The Morgan fingerprint density at radius 3 is 2.80 bits per heavy atom.